The van der Waals surface area contributed by atoms with Crippen molar-refractivity contribution in [1.29, 1.82) is 0 Å². The molecule has 0 aliphatic rings. The summed E-state index contributed by atoms with van der Waals surface area (Å²) in [5, 5.41) is 0. The van der Waals surface area contributed by atoms with E-state index in [2.05, 4.69) is 19.9 Å². The summed E-state index contributed by atoms with van der Waals surface area (Å²) in [7, 11) is 1.90. The Labute approximate surface area is 110 Å². The van der Waals surface area contributed by atoms with Crippen LogP contribution < -0.4 is 4.74 Å². The van der Waals surface area contributed by atoms with Gasteiger partial charge in [-0.3, -0.25) is 0 Å². The highest BCUT2D eigenvalue weighted by atomic mass is 16.5. The largest absolute Gasteiger partial charge is 0.477 e. The Kier molecular flexibility index (Phi) is 2.83. The standard InChI is InChI=1S/C13H13N5O/c1-3-19-13-9(5-4-6-14-13)11-15-7-10-12(17-11)18(2)8-16-10/h4-8H,3H2,1-2H3. The first-order valence-electron chi connectivity index (χ1n) is 6.02. The number of hydrogen-bond acceptors (Lipinski definition) is 5. The van der Waals surface area contributed by atoms with Crippen molar-refractivity contribution in [2.45, 2.75) is 6.92 Å². The molecule has 0 radical (unpaired) electrons. The molecule has 0 aliphatic carbocycles. The van der Waals surface area contributed by atoms with Crippen LogP contribution in [0.2, 0.25) is 0 Å². The highest BCUT2D eigenvalue weighted by Gasteiger charge is 2.12. The second kappa shape index (κ2) is 4.64. The van der Waals surface area contributed by atoms with Crippen molar-refractivity contribution in [2.24, 2.45) is 7.05 Å². The second-order valence-electron chi connectivity index (χ2n) is 4.05. The van der Waals surface area contributed by atoms with Crippen LogP contribution in [0.3, 0.4) is 0 Å². The van der Waals surface area contributed by atoms with Crippen LogP contribution in [-0.4, -0.2) is 31.1 Å². The summed E-state index contributed by atoms with van der Waals surface area (Å²) in [6.07, 6.45) is 5.12. The molecule has 0 atom stereocenters. The molecule has 0 N–H and O–H groups in total. The number of hydrogen-bond donors (Lipinski definition) is 0. The van der Waals surface area contributed by atoms with E-state index in [1.807, 2.05) is 30.7 Å². The summed E-state index contributed by atoms with van der Waals surface area (Å²) < 4.78 is 7.36. The average Bonchev–Trinajstić information content (AvgIpc) is 2.81. The maximum Gasteiger partial charge on any atom is 0.224 e. The summed E-state index contributed by atoms with van der Waals surface area (Å²) in [5.41, 5.74) is 2.34. The summed E-state index contributed by atoms with van der Waals surface area (Å²) in [6, 6.07) is 3.74. The molecule has 0 aromatic carbocycles. The van der Waals surface area contributed by atoms with Crippen LogP contribution in [0.15, 0.2) is 30.9 Å². The van der Waals surface area contributed by atoms with E-state index >= 15 is 0 Å². The zero-order valence-electron chi connectivity index (χ0n) is 10.7. The van der Waals surface area contributed by atoms with Gasteiger partial charge in [-0.15, -0.1) is 0 Å². The minimum Gasteiger partial charge on any atom is -0.477 e. The number of aromatic nitrogens is 5. The maximum atomic E-state index is 5.50. The molecule has 0 saturated carbocycles. The van der Waals surface area contributed by atoms with Gasteiger partial charge >= 0.3 is 0 Å². The summed E-state index contributed by atoms with van der Waals surface area (Å²) >= 11 is 0. The lowest BCUT2D eigenvalue weighted by molar-refractivity contribution is 0.328. The molecule has 0 saturated heterocycles. The molecule has 0 unspecified atom stereocenters. The Morgan fingerprint density at radius 1 is 1.26 bits per heavy atom. The number of aryl methyl sites for hydroxylation is 1. The lowest BCUT2D eigenvalue weighted by atomic mass is 10.2. The van der Waals surface area contributed by atoms with Gasteiger partial charge in [0.15, 0.2) is 11.5 Å². The topological polar surface area (TPSA) is 65.7 Å². The molecule has 0 fully saturated rings. The Morgan fingerprint density at radius 3 is 3.00 bits per heavy atom. The summed E-state index contributed by atoms with van der Waals surface area (Å²) in [6.45, 7) is 2.47. The van der Waals surface area contributed by atoms with E-state index in [-0.39, 0.29) is 0 Å². The highest BCUT2D eigenvalue weighted by Crippen LogP contribution is 2.25. The number of ether oxygens (including phenoxy) is 1. The smallest absolute Gasteiger partial charge is 0.224 e. The molecule has 3 aromatic heterocycles. The molecule has 3 rings (SSSR count). The van der Waals surface area contributed by atoms with Gasteiger partial charge in [-0.25, -0.2) is 19.9 Å². The second-order valence-corrected chi connectivity index (χ2v) is 4.05. The van der Waals surface area contributed by atoms with Crippen molar-refractivity contribution in [3.8, 4) is 17.3 Å². The number of pyridine rings is 1. The van der Waals surface area contributed by atoms with Crippen molar-refractivity contribution < 1.29 is 4.74 Å². The summed E-state index contributed by atoms with van der Waals surface area (Å²) in [5.74, 6) is 1.14. The third kappa shape index (κ3) is 2.01. The first-order valence-corrected chi connectivity index (χ1v) is 6.02. The van der Waals surface area contributed by atoms with Crippen LogP contribution in [0.25, 0.3) is 22.6 Å². The Hall–Kier alpha value is -2.50. The van der Waals surface area contributed by atoms with Crippen LogP contribution in [0.4, 0.5) is 0 Å². The zero-order chi connectivity index (χ0) is 13.2. The molecule has 19 heavy (non-hydrogen) atoms. The number of nitrogens with zero attached hydrogens (tertiary/aromatic N) is 5. The van der Waals surface area contributed by atoms with E-state index in [9.17, 15) is 0 Å². The van der Waals surface area contributed by atoms with E-state index in [0.29, 0.717) is 18.3 Å². The zero-order valence-corrected chi connectivity index (χ0v) is 10.7. The average molecular weight is 255 g/mol. The Balaban J connectivity index is 2.15. The molecule has 0 bridgehead atoms. The van der Waals surface area contributed by atoms with Crippen LogP contribution in [-0.2, 0) is 7.05 Å². The van der Waals surface area contributed by atoms with Crippen LogP contribution >= 0.6 is 0 Å². The first-order chi connectivity index (χ1) is 9.29. The van der Waals surface area contributed by atoms with E-state index in [0.717, 1.165) is 16.7 Å². The van der Waals surface area contributed by atoms with E-state index in [1.165, 1.54) is 0 Å². The molecule has 96 valence electrons. The summed E-state index contributed by atoms with van der Waals surface area (Å²) in [4.78, 5) is 17.3. The highest BCUT2D eigenvalue weighted by molar-refractivity contribution is 5.73. The SMILES string of the molecule is CCOc1ncccc1-c1ncc2ncn(C)c2n1. The normalized spacial score (nSPS) is 10.8. The van der Waals surface area contributed by atoms with Gasteiger partial charge < -0.3 is 9.30 Å². The molecule has 6 nitrogen and oxygen atoms in total. The van der Waals surface area contributed by atoms with Gasteiger partial charge in [0.1, 0.15) is 5.52 Å². The van der Waals surface area contributed by atoms with E-state index < -0.39 is 0 Å². The van der Waals surface area contributed by atoms with Crippen molar-refractivity contribution in [3.05, 3.63) is 30.9 Å². The fourth-order valence-electron chi connectivity index (χ4n) is 1.86. The fourth-order valence-corrected chi connectivity index (χ4v) is 1.86. The lowest BCUT2D eigenvalue weighted by Crippen LogP contribution is -1.99. The molecule has 0 spiro atoms. The van der Waals surface area contributed by atoms with Gasteiger partial charge in [-0.2, -0.15) is 0 Å². The van der Waals surface area contributed by atoms with Gasteiger partial charge in [-0.1, -0.05) is 0 Å². The predicted molar refractivity (Wildman–Crippen MR) is 70.7 cm³/mol. The third-order valence-electron chi connectivity index (χ3n) is 2.75. The van der Waals surface area contributed by atoms with Gasteiger partial charge in [0.2, 0.25) is 5.88 Å². The van der Waals surface area contributed by atoms with Crippen molar-refractivity contribution >= 4 is 11.2 Å². The molecular formula is C13H13N5O. The predicted octanol–water partition coefficient (Wildman–Crippen LogP) is 1.82. The van der Waals surface area contributed by atoms with Crippen LogP contribution in [0, 0.1) is 0 Å². The van der Waals surface area contributed by atoms with Crippen molar-refractivity contribution in [1.82, 2.24) is 24.5 Å². The molecule has 0 amide bonds. The molecule has 3 heterocycles. The third-order valence-corrected chi connectivity index (χ3v) is 2.75. The van der Waals surface area contributed by atoms with Crippen LogP contribution in [0.5, 0.6) is 5.88 Å². The van der Waals surface area contributed by atoms with Crippen LogP contribution in [0.1, 0.15) is 6.92 Å². The van der Waals surface area contributed by atoms with E-state index in [4.69, 9.17) is 4.74 Å². The van der Waals surface area contributed by atoms with Gasteiger partial charge in [0, 0.05) is 13.2 Å². The fraction of sp³-hybridized carbons (Fsp3) is 0.231. The minimum absolute atomic E-state index is 0.548. The number of rotatable bonds is 3. The molecule has 0 aliphatic heterocycles. The monoisotopic (exact) mass is 255 g/mol. The number of imidazole rings is 1. The van der Waals surface area contributed by atoms with Gasteiger partial charge in [0.25, 0.3) is 0 Å². The molecule has 6 heteroatoms. The minimum atomic E-state index is 0.548. The Bertz CT molecular complexity index is 722. The van der Waals surface area contributed by atoms with Gasteiger partial charge in [0.05, 0.1) is 24.7 Å². The quantitative estimate of drug-likeness (QED) is 0.714. The van der Waals surface area contributed by atoms with Gasteiger partial charge in [-0.05, 0) is 19.1 Å². The molecular weight excluding hydrogens is 242 g/mol. The van der Waals surface area contributed by atoms with Crippen molar-refractivity contribution in [2.75, 3.05) is 6.61 Å². The number of fused-ring (bicyclic) bond motifs is 1. The maximum absolute atomic E-state index is 5.50. The lowest BCUT2D eigenvalue weighted by Gasteiger charge is -2.07. The first kappa shape index (κ1) is 11.6. The van der Waals surface area contributed by atoms with E-state index in [1.54, 1.807) is 18.7 Å². The van der Waals surface area contributed by atoms with Crippen molar-refractivity contribution in [3.63, 3.8) is 0 Å². The Morgan fingerprint density at radius 2 is 2.16 bits per heavy atom. The molecule has 3 aromatic rings.